The molecule has 1 heterocycles. The number of nitrogens with zero attached hydrogens (tertiary/aromatic N) is 1. The average molecular weight is 199 g/mol. The van der Waals surface area contributed by atoms with E-state index in [0.29, 0.717) is 6.54 Å². The summed E-state index contributed by atoms with van der Waals surface area (Å²) in [5.74, 6) is 0. The van der Waals surface area contributed by atoms with E-state index in [9.17, 15) is 0 Å². The lowest BCUT2D eigenvalue weighted by atomic mass is 9.94. The first kappa shape index (κ1) is 10.6. The zero-order valence-corrected chi connectivity index (χ0v) is 9.03. The van der Waals surface area contributed by atoms with E-state index in [-0.39, 0.29) is 5.41 Å². The van der Waals surface area contributed by atoms with Crippen LogP contribution in [0.15, 0.2) is 10.9 Å². The van der Waals surface area contributed by atoms with Crippen molar-refractivity contribution >= 4 is 11.3 Å². The van der Waals surface area contributed by atoms with Crippen molar-refractivity contribution in [1.29, 1.82) is 0 Å². The van der Waals surface area contributed by atoms with Crippen LogP contribution in [0, 0.1) is 5.41 Å². The number of nitrogens with one attached hydrogen (secondary N) is 1. The summed E-state index contributed by atoms with van der Waals surface area (Å²) in [4.78, 5) is 4.19. The minimum atomic E-state index is 0.177. The Kier molecular flexibility index (Phi) is 3.84. The summed E-state index contributed by atoms with van der Waals surface area (Å²) in [6.07, 6.45) is 0. The van der Waals surface area contributed by atoms with Crippen molar-refractivity contribution < 1.29 is 0 Å². The van der Waals surface area contributed by atoms with Gasteiger partial charge in [-0.2, -0.15) is 0 Å². The van der Waals surface area contributed by atoms with Gasteiger partial charge in [-0.3, -0.25) is 0 Å². The summed E-state index contributed by atoms with van der Waals surface area (Å²) < 4.78 is 0. The number of hydrogen-bond acceptors (Lipinski definition) is 4. The summed E-state index contributed by atoms with van der Waals surface area (Å²) in [5, 5.41) is 5.40. The second-order valence-electron chi connectivity index (χ2n) is 3.95. The van der Waals surface area contributed by atoms with Crippen LogP contribution in [0.5, 0.6) is 0 Å². The fraction of sp³-hybridized carbons (Fsp3) is 0.667. The van der Waals surface area contributed by atoms with Crippen molar-refractivity contribution in [2.24, 2.45) is 11.1 Å². The summed E-state index contributed by atoms with van der Waals surface area (Å²) in [5.41, 5.74) is 8.75. The van der Waals surface area contributed by atoms with Crippen LogP contribution in [0.1, 0.15) is 19.5 Å². The van der Waals surface area contributed by atoms with Gasteiger partial charge >= 0.3 is 0 Å². The maximum Gasteiger partial charge on any atom is 0.0795 e. The molecule has 0 fully saturated rings. The molecule has 74 valence electrons. The van der Waals surface area contributed by atoms with Crippen molar-refractivity contribution in [3.63, 3.8) is 0 Å². The molecule has 3 nitrogen and oxygen atoms in total. The molecule has 4 heteroatoms. The third-order valence-electron chi connectivity index (χ3n) is 1.95. The molecule has 0 radical (unpaired) electrons. The van der Waals surface area contributed by atoms with Gasteiger partial charge in [0.1, 0.15) is 0 Å². The van der Waals surface area contributed by atoms with Crippen molar-refractivity contribution in [2.45, 2.75) is 20.4 Å². The minimum Gasteiger partial charge on any atom is -0.330 e. The van der Waals surface area contributed by atoms with Gasteiger partial charge in [0, 0.05) is 18.5 Å². The summed E-state index contributed by atoms with van der Waals surface area (Å²) in [7, 11) is 0. The van der Waals surface area contributed by atoms with Gasteiger partial charge in [-0.1, -0.05) is 13.8 Å². The average Bonchev–Trinajstić information content (AvgIpc) is 2.57. The SMILES string of the molecule is CC(C)(CN)CNCc1cscn1. The standard InChI is InChI=1S/C9H17N3S/c1-9(2,5-10)6-11-3-8-4-13-7-12-8/h4,7,11H,3,5-6,10H2,1-2H3. The molecule has 0 aromatic carbocycles. The highest BCUT2D eigenvalue weighted by atomic mass is 32.1. The molecule has 0 aliphatic rings. The third kappa shape index (κ3) is 3.85. The maximum atomic E-state index is 5.61. The van der Waals surface area contributed by atoms with Crippen LogP contribution >= 0.6 is 11.3 Å². The van der Waals surface area contributed by atoms with Crippen molar-refractivity contribution in [3.05, 3.63) is 16.6 Å². The van der Waals surface area contributed by atoms with Gasteiger partial charge in [0.15, 0.2) is 0 Å². The van der Waals surface area contributed by atoms with Crippen LogP contribution in [0.3, 0.4) is 0 Å². The molecule has 0 aliphatic heterocycles. The van der Waals surface area contributed by atoms with E-state index in [0.717, 1.165) is 18.8 Å². The first-order chi connectivity index (χ1) is 6.14. The zero-order chi connectivity index (χ0) is 9.73. The number of nitrogens with two attached hydrogens (primary N) is 1. The summed E-state index contributed by atoms with van der Waals surface area (Å²) in [6.45, 7) is 6.78. The van der Waals surface area contributed by atoms with Gasteiger partial charge in [-0.05, 0) is 12.0 Å². The molecule has 0 atom stereocenters. The molecule has 3 N–H and O–H groups in total. The van der Waals surface area contributed by atoms with Gasteiger partial charge in [-0.25, -0.2) is 4.98 Å². The van der Waals surface area contributed by atoms with Crippen molar-refractivity contribution in [2.75, 3.05) is 13.1 Å². The Balaban J connectivity index is 2.21. The van der Waals surface area contributed by atoms with Gasteiger partial charge < -0.3 is 11.1 Å². The zero-order valence-electron chi connectivity index (χ0n) is 8.21. The van der Waals surface area contributed by atoms with Gasteiger partial charge in [-0.15, -0.1) is 11.3 Å². The van der Waals surface area contributed by atoms with E-state index in [2.05, 4.69) is 29.5 Å². The fourth-order valence-corrected chi connectivity index (χ4v) is 1.48. The Morgan fingerprint density at radius 3 is 2.92 bits per heavy atom. The topological polar surface area (TPSA) is 50.9 Å². The second-order valence-corrected chi connectivity index (χ2v) is 4.67. The lowest BCUT2D eigenvalue weighted by molar-refractivity contribution is 0.351. The molecular formula is C9H17N3S. The Labute approximate surface area is 83.4 Å². The molecule has 0 saturated heterocycles. The van der Waals surface area contributed by atoms with Crippen LogP contribution in [0.2, 0.25) is 0 Å². The van der Waals surface area contributed by atoms with E-state index in [1.165, 1.54) is 0 Å². The number of rotatable bonds is 5. The molecule has 1 aromatic heterocycles. The first-order valence-electron chi connectivity index (χ1n) is 4.42. The monoisotopic (exact) mass is 199 g/mol. The molecule has 0 spiro atoms. The summed E-state index contributed by atoms with van der Waals surface area (Å²) >= 11 is 1.63. The van der Waals surface area contributed by atoms with Crippen LogP contribution < -0.4 is 11.1 Å². The molecular weight excluding hydrogens is 182 g/mol. The highest BCUT2D eigenvalue weighted by Crippen LogP contribution is 2.10. The largest absolute Gasteiger partial charge is 0.330 e. The van der Waals surface area contributed by atoms with Crippen LogP contribution in [-0.2, 0) is 6.54 Å². The third-order valence-corrected chi connectivity index (χ3v) is 2.58. The summed E-state index contributed by atoms with van der Waals surface area (Å²) in [6, 6.07) is 0. The molecule has 0 unspecified atom stereocenters. The number of aromatic nitrogens is 1. The van der Waals surface area contributed by atoms with E-state index in [1.54, 1.807) is 11.3 Å². The molecule has 1 aromatic rings. The molecule has 1 rings (SSSR count). The predicted molar refractivity (Wildman–Crippen MR) is 56.7 cm³/mol. The fourth-order valence-electron chi connectivity index (χ4n) is 0.926. The second kappa shape index (κ2) is 4.69. The lowest BCUT2D eigenvalue weighted by Gasteiger charge is -2.22. The Morgan fingerprint density at radius 1 is 1.62 bits per heavy atom. The van der Waals surface area contributed by atoms with Gasteiger partial charge in [0.2, 0.25) is 0 Å². The maximum absolute atomic E-state index is 5.61. The van der Waals surface area contributed by atoms with Crippen molar-refractivity contribution in [1.82, 2.24) is 10.3 Å². The van der Waals surface area contributed by atoms with Crippen LogP contribution in [0.25, 0.3) is 0 Å². The normalized spacial score (nSPS) is 11.9. The molecule has 0 amide bonds. The Morgan fingerprint density at radius 2 is 2.38 bits per heavy atom. The molecule has 0 bridgehead atoms. The van der Waals surface area contributed by atoms with E-state index >= 15 is 0 Å². The number of thiazole rings is 1. The van der Waals surface area contributed by atoms with Gasteiger partial charge in [0.25, 0.3) is 0 Å². The van der Waals surface area contributed by atoms with Gasteiger partial charge in [0.05, 0.1) is 11.2 Å². The van der Waals surface area contributed by atoms with Crippen molar-refractivity contribution in [3.8, 4) is 0 Å². The highest BCUT2D eigenvalue weighted by molar-refractivity contribution is 7.07. The van der Waals surface area contributed by atoms with E-state index < -0.39 is 0 Å². The quantitative estimate of drug-likeness (QED) is 0.749. The highest BCUT2D eigenvalue weighted by Gasteiger charge is 2.14. The Bertz CT molecular complexity index is 231. The smallest absolute Gasteiger partial charge is 0.0795 e. The lowest BCUT2D eigenvalue weighted by Crippen LogP contribution is -2.35. The Hall–Kier alpha value is -0.450. The molecule has 13 heavy (non-hydrogen) atoms. The van der Waals surface area contributed by atoms with Crippen LogP contribution in [0.4, 0.5) is 0 Å². The number of hydrogen-bond donors (Lipinski definition) is 2. The molecule has 0 saturated carbocycles. The van der Waals surface area contributed by atoms with E-state index in [1.807, 2.05) is 5.51 Å². The first-order valence-corrected chi connectivity index (χ1v) is 5.36. The molecule has 0 aliphatic carbocycles. The van der Waals surface area contributed by atoms with E-state index in [4.69, 9.17) is 5.73 Å². The predicted octanol–water partition coefficient (Wildman–Crippen LogP) is 1.22. The van der Waals surface area contributed by atoms with Crippen LogP contribution in [-0.4, -0.2) is 18.1 Å². The minimum absolute atomic E-state index is 0.177.